The van der Waals surface area contributed by atoms with Gasteiger partial charge in [0, 0.05) is 18.2 Å². The van der Waals surface area contributed by atoms with E-state index >= 15 is 0 Å². The van der Waals surface area contributed by atoms with Crippen LogP contribution in [0.3, 0.4) is 0 Å². The molecule has 0 N–H and O–H groups in total. The number of aliphatic imine (C=N–C) groups is 1. The molecule has 0 aliphatic heterocycles. The molecule has 0 aliphatic carbocycles. The molecule has 0 aromatic carbocycles. The summed E-state index contributed by atoms with van der Waals surface area (Å²) < 4.78 is 0. The highest BCUT2D eigenvalue weighted by Gasteiger charge is 1.89. The monoisotopic (exact) mass is 165 g/mol. The van der Waals surface area contributed by atoms with Gasteiger partial charge in [0.25, 0.3) is 0 Å². The van der Waals surface area contributed by atoms with Crippen LogP contribution < -0.4 is 0 Å². The lowest BCUT2D eigenvalue weighted by Crippen LogP contribution is -1.96. The predicted molar refractivity (Wildman–Crippen MR) is 56.8 cm³/mol. The van der Waals surface area contributed by atoms with E-state index in [1.165, 1.54) is 5.71 Å². The van der Waals surface area contributed by atoms with Crippen LogP contribution in [0.5, 0.6) is 0 Å². The second-order valence-electron chi connectivity index (χ2n) is 3.12. The Morgan fingerprint density at radius 3 is 2.50 bits per heavy atom. The van der Waals surface area contributed by atoms with Crippen molar-refractivity contribution in [3.63, 3.8) is 0 Å². The van der Waals surface area contributed by atoms with Crippen molar-refractivity contribution in [3.8, 4) is 0 Å². The second kappa shape index (κ2) is 6.84. The predicted octanol–water partition coefficient (Wildman–Crippen LogP) is 3.38. The van der Waals surface area contributed by atoms with Gasteiger partial charge >= 0.3 is 0 Å². The minimum Gasteiger partial charge on any atom is -0.291 e. The fourth-order valence-corrected chi connectivity index (χ4v) is 0.922. The Balaban J connectivity index is 3.77. The van der Waals surface area contributed by atoms with Crippen LogP contribution in [0.25, 0.3) is 0 Å². The zero-order chi connectivity index (χ0) is 9.40. The molecule has 0 spiro atoms. The van der Waals surface area contributed by atoms with Crippen LogP contribution >= 0.6 is 0 Å². The zero-order valence-electron chi connectivity index (χ0n) is 8.54. The van der Waals surface area contributed by atoms with E-state index in [0.717, 1.165) is 6.42 Å². The van der Waals surface area contributed by atoms with Crippen molar-refractivity contribution in [2.45, 2.75) is 40.2 Å². The number of allylic oxidation sites excluding steroid dienone is 4. The van der Waals surface area contributed by atoms with E-state index in [-0.39, 0.29) is 0 Å². The van der Waals surface area contributed by atoms with Gasteiger partial charge in [-0.15, -0.1) is 0 Å². The summed E-state index contributed by atoms with van der Waals surface area (Å²) in [6, 6.07) is 0.417. The highest BCUT2D eigenvalue weighted by molar-refractivity contribution is 5.83. The highest BCUT2D eigenvalue weighted by Crippen LogP contribution is 1.94. The molecule has 0 radical (unpaired) electrons. The minimum atomic E-state index is 0.417. The molecule has 0 aliphatic rings. The van der Waals surface area contributed by atoms with Crippen molar-refractivity contribution in [2.75, 3.05) is 0 Å². The molecule has 0 amide bonds. The molecule has 1 heteroatoms. The third-order valence-electron chi connectivity index (χ3n) is 1.33. The van der Waals surface area contributed by atoms with Gasteiger partial charge in [-0.1, -0.05) is 24.3 Å². The number of nitrogens with zero attached hydrogens (tertiary/aromatic N) is 1. The first-order chi connectivity index (χ1) is 5.66. The maximum atomic E-state index is 4.42. The maximum Gasteiger partial charge on any atom is 0.0442 e. The summed E-state index contributed by atoms with van der Waals surface area (Å²) >= 11 is 0. The molecule has 0 rings (SSSR count). The Morgan fingerprint density at radius 2 is 2.00 bits per heavy atom. The molecule has 0 fully saturated rings. The van der Waals surface area contributed by atoms with Gasteiger partial charge in [-0.3, -0.25) is 4.99 Å². The fraction of sp³-hybridized carbons (Fsp3) is 0.545. The van der Waals surface area contributed by atoms with E-state index in [0.29, 0.717) is 6.04 Å². The average Bonchev–Trinajstić information content (AvgIpc) is 1.97. The van der Waals surface area contributed by atoms with Gasteiger partial charge in [-0.2, -0.15) is 0 Å². The molecule has 0 unspecified atom stereocenters. The van der Waals surface area contributed by atoms with Gasteiger partial charge in [0.2, 0.25) is 0 Å². The molecular formula is C11H19N. The highest BCUT2D eigenvalue weighted by atomic mass is 14.8. The lowest BCUT2D eigenvalue weighted by atomic mass is 10.2. The molecular weight excluding hydrogens is 146 g/mol. The molecule has 0 saturated heterocycles. The zero-order valence-corrected chi connectivity index (χ0v) is 8.54. The van der Waals surface area contributed by atoms with E-state index in [2.05, 4.69) is 37.9 Å². The van der Waals surface area contributed by atoms with Gasteiger partial charge in [0.1, 0.15) is 0 Å². The van der Waals surface area contributed by atoms with Gasteiger partial charge in [-0.05, 0) is 27.7 Å². The summed E-state index contributed by atoms with van der Waals surface area (Å²) in [5, 5.41) is 0. The molecule has 0 atom stereocenters. The Bertz CT molecular complexity index is 185. The molecule has 12 heavy (non-hydrogen) atoms. The van der Waals surface area contributed by atoms with Crippen molar-refractivity contribution in [3.05, 3.63) is 24.3 Å². The fourth-order valence-electron chi connectivity index (χ4n) is 0.922. The van der Waals surface area contributed by atoms with Crippen LogP contribution in [0.1, 0.15) is 34.1 Å². The topological polar surface area (TPSA) is 12.4 Å². The first kappa shape index (κ1) is 11.2. The van der Waals surface area contributed by atoms with Crippen molar-refractivity contribution in [1.29, 1.82) is 0 Å². The number of hydrogen-bond acceptors (Lipinski definition) is 1. The third-order valence-corrected chi connectivity index (χ3v) is 1.33. The third kappa shape index (κ3) is 7.26. The summed E-state index contributed by atoms with van der Waals surface area (Å²) in [6.45, 7) is 8.28. The van der Waals surface area contributed by atoms with Gasteiger partial charge in [0.15, 0.2) is 0 Å². The van der Waals surface area contributed by atoms with Crippen LogP contribution in [-0.2, 0) is 0 Å². The molecule has 0 saturated carbocycles. The van der Waals surface area contributed by atoms with Gasteiger partial charge in [-0.25, -0.2) is 0 Å². The van der Waals surface area contributed by atoms with Crippen LogP contribution in [0.15, 0.2) is 29.3 Å². The van der Waals surface area contributed by atoms with E-state index in [1.807, 2.05) is 19.1 Å². The van der Waals surface area contributed by atoms with E-state index in [1.54, 1.807) is 0 Å². The van der Waals surface area contributed by atoms with E-state index < -0.39 is 0 Å². The van der Waals surface area contributed by atoms with Crippen molar-refractivity contribution < 1.29 is 0 Å². The van der Waals surface area contributed by atoms with Gasteiger partial charge < -0.3 is 0 Å². The molecule has 0 aromatic heterocycles. The molecule has 0 bridgehead atoms. The van der Waals surface area contributed by atoms with Crippen LogP contribution in [0, 0.1) is 0 Å². The smallest absolute Gasteiger partial charge is 0.0442 e. The lowest BCUT2D eigenvalue weighted by Gasteiger charge is -1.98. The molecule has 68 valence electrons. The first-order valence-electron chi connectivity index (χ1n) is 4.48. The molecule has 1 nitrogen and oxygen atoms in total. The van der Waals surface area contributed by atoms with Crippen LogP contribution in [0.4, 0.5) is 0 Å². The largest absolute Gasteiger partial charge is 0.291 e. The Hall–Kier alpha value is -0.850. The minimum absolute atomic E-state index is 0.417. The Labute approximate surface area is 75.9 Å². The standard InChI is InChI=1S/C11H19N/c1-5-6-7-8-9-11(4)12-10(2)3/h5-8,10H,9H2,1-4H3/b6-5+,8-7+,12-11-. The van der Waals surface area contributed by atoms with E-state index in [4.69, 9.17) is 0 Å². The first-order valence-corrected chi connectivity index (χ1v) is 4.48. The van der Waals surface area contributed by atoms with Crippen molar-refractivity contribution in [1.82, 2.24) is 0 Å². The number of rotatable bonds is 4. The van der Waals surface area contributed by atoms with Crippen molar-refractivity contribution in [2.24, 2.45) is 4.99 Å². The summed E-state index contributed by atoms with van der Waals surface area (Å²) in [7, 11) is 0. The average molecular weight is 165 g/mol. The normalized spacial score (nSPS) is 13.9. The molecule has 0 heterocycles. The quantitative estimate of drug-likeness (QED) is 0.447. The maximum absolute atomic E-state index is 4.42. The van der Waals surface area contributed by atoms with Gasteiger partial charge in [0.05, 0.1) is 0 Å². The summed E-state index contributed by atoms with van der Waals surface area (Å²) in [5.41, 5.74) is 1.20. The van der Waals surface area contributed by atoms with Crippen LogP contribution in [-0.4, -0.2) is 11.8 Å². The Morgan fingerprint density at radius 1 is 1.33 bits per heavy atom. The lowest BCUT2D eigenvalue weighted by molar-refractivity contribution is 0.832. The Kier molecular flexibility index (Phi) is 6.35. The number of hydrogen-bond donors (Lipinski definition) is 0. The SMILES string of the molecule is C/C=C/C=C/C/C(C)=N\C(C)C. The van der Waals surface area contributed by atoms with Crippen LogP contribution in [0.2, 0.25) is 0 Å². The van der Waals surface area contributed by atoms with E-state index in [9.17, 15) is 0 Å². The van der Waals surface area contributed by atoms with Crippen molar-refractivity contribution >= 4 is 5.71 Å². The second-order valence-corrected chi connectivity index (χ2v) is 3.12. The summed E-state index contributed by atoms with van der Waals surface area (Å²) in [4.78, 5) is 4.42. The summed E-state index contributed by atoms with van der Waals surface area (Å²) in [5.74, 6) is 0. The summed E-state index contributed by atoms with van der Waals surface area (Å²) in [6.07, 6.45) is 9.19. The molecule has 0 aromatic rings.